The van der Waals surface area contributed by atoms with Crippen molar-refractivity contribution in [1.82, 2.24) is 15.0 Å². The first-order valence-electron chi connectivity index (χ1n) is 9.73. The van der Waals surface area contributed by atoms with E-state index in [1.54, 1.807) is 18.6 Å². The van der Waals surface area contributed by atoms with E-state index in [0.717, 1.165) is 23.3 Å². The van der Waals surface area contributed by atoms with Crippen molar-refractivity contribution >= 4 is 38.4 Å². The van der Waals surface area contributed by atoms with E-state index in [1.165, 1.54) is 18.5 Å². The minimum atomic E-state index is -4.41. The molecule has 11 heteroatoms. The molecule has 0 aliphatic carbocycles. The Balaban J connectivity index is 1.55. The van der Waals surface area contributed by atoms with Gasteiger partial charge in [-0.1, -0.05) is 11.6 Å². The first-order valence-corrected chi connectivity index (χ1v) is 11.6. The van der Waals surface area contributed by atoms with E-state index < -0.39 is 26.6 Å². The molecule has 0 radical (unpaired) electrons. The monoisotopic (exact) mass is 498 g/mol. The molecule has 0 aliphatic rings. The predicted octanol–water partition coefficient (Wildman–Crippen LogP) is 5.68. The molecule has 0 spiro atoms. The number of benzene rings is 1. The third-order valence-corrected chi connectivity index (χ3v) is 6.72. The molecule has 0 saturated carbocycles. The van der Waals surface area contributed by atoms with E-state index >= 15 is 0 Å². The van der Waals surface area contributed by atoms with Crippen LogP contribution in [-0.2, 0) is 10.0 Å². The van der Waals surface area contributed by atoms with Gasteiger partial charge in [0.25, 0.3) is 10.0 Å². The highest BCUT2D eigenvalue weighted by atomic mass is 35.5. The summed E-state index contributed by atoms with van der Waals surface area (Å²) in [5.41, 5.74) is 3.09. The highest BCUT2D eigenvalue weighted by molar-refractivity contribution is 7.92. The van der Waals surface area contributed by atoms with Crippen LogP contribution in [0.2, 0.25) is 5.15 Å². The molecule has 4 heterocycles. The maximum Gasteiger partial charge on any atom is 0.264 e. The van der Waals surface area contributed by atoms with E-state index in [-0.39, 0.29) is 10.8 Å². The van der Waals surface area contributed by atoms with Gasteiger partial charge in [0.05, 0.1) is 5.69 Å². The van der Waals surface area contributed by atoms with Crippen molar-refractivity contribution in [3.8, 4) is 22.3 Å². The third kappa shape index (κ3) is 4.09. The van der Waals surface area contributed by atoms with Gasteiger partial charge in [-0.3, -0.25) is 9.71 Å². The minimum Gasteiger partial charge on any atom is -0.445 e. The van der Waals surface area contributed by atoms with E-state index in [0.29, 0.717) is 28.3 Å². The Morgan fingerprint density at radius 1 is 0.912 bits per heavy atom. The maximum absolute atomic E-state index is 14.1. The zero-order chi connectivity index (χ0) is 23.9. The third-order valence-electron chi connectivity index (χ3n) is 5.02. The first-order chi connectivity index (χ1) is 16.3. The quantitative estimate of drug-likeness (QED) is 0.313. The zero-order valence-corrected chi connectivity index (χ0v) is 18.6. The standard InChI is InChI=1S/C23H13ClF2N4O3S/c24-22-20(30-34(31,32)21-2-1-16(25)9-19(21)26)8-15(11-28-22)18-12-33-23-17(18)7-14(10-29-23)13-3-5-27-6-4-13/h1-12,30H. The fraction of sp³-hybridized carbons (Fsp3) is 0. The van der Waals surface area contributed by atoms with Gasteiger partial charge in [0.1, 0.15) is 22.8 Å². The van der Waals surface area contributed by atoms with Crippen LogP contribution in [0.15, 0.2) is 82.8 Å². The number of pyridine rings is 3. The summed E-state index contributed by atoms with van der Waals surface area (Å²) >= 11 is 6.11. The summed E-state index contributed by atoms with van der Waals surface area (Å²) < 4.78 is 60.4. The van der Waals surface area contributed by atoms with Crippen molar-refractivity contribution in [2.24, 2.45) is 0 Å². The molecule has 34 heavy (non-hydrogen) atoms. The van der Waals surface area contributed by atoms with Crippen LogP contribution in [0, 0.1) is 11.6 Å². The lowest BCUT2D eigenvalue weighted by molar-refractivity contribution is 0.551. The van der Waals surface area contributed by atoms with Crippen molar-refractivity contribution < 1.29 is 21.6 Å². The SMILES string of the molecule is O=S(=O)(Nc1cc(-c2coc3ncc(-c4ccncc4)cc23)cnc1Cl)c1ccc(F)cc1F. The van der Waals surface area contributed by atoms with E-state index in [4.69, 9.17) is 16.0 Å². The second-order valence-electron chi connectivity index (χ2n) is 7.20. The summed E-state index contributed by atoms with van der Waals surface area (Å²) in [6.45, 7) is 0. The molecule has 4 aromatic heterocycles. The van der Waals surface area contributed by atoms with Gasteiger partial charge in [-0.15, -0.1) is 0 Å². The van der Waals surface area contributed by atoms with Crippen molar-refractivity contribution in [1.29, 1.82) is 0 Å². The normalized spacial score (nSPS) is 11.6. The van der Waals surface area contributed by atoms with Gasteiger partial charge in [-0.05, 0) is 42.0 Å². The molecule has 1 N–H and O–H groups in total. The molecule has 0 atom stereocenters. The average Bonchev–Trinajstić information content (AvgIpc) is 3.24. The van der Waals surface area contributed by atoms with E-state index in [2.05, 4.69) is 19.7 Å². The van der Waals surface area contributed by atoms with Gasteiger partial charge in [0.2, 0.25) is 5.71 Å². The van der Waals surface area contributed by atoms with Gasteiger partial charge < -0.3 is 4.42 Å². The molecular formula is C23H13ClF2N4O3S. The van der Waals surface area contributed by atoms with E-state index in [9.17, 15) is 17.2 Å². The molecule has 0 fully saturated rings. The Bertz CT molecular complexity index is 1640. The molecule has 7 nitrogen and oxygen atoms in total. The fourth-order valence-electron chi connectivity index (χ4n) is 3.40. The second-order valence-corrected chi connectivity index (χ2v) is 9.21. The number of hydrogen-bond donors (Lipinski definition) is 1. The highest BCUT2D eigenvalue weighted by Crippen LogP contribution is 2.35. The Labute approximate surface area is 197 Å². The maximum atomic E-state index is 14.1. The number of halogens is 3. The summed E-state index contributed by atoms with van der Waals surface area (Å²) in [4.78, 5) is 11.7. The number of hydrogen-bond acceptors (Lipinski definition) is 6. The number of nitrogens with zero attached hydrogens (tertiary/aromatic N) is 3. The molecule has 0 unspecified atom stereocenters. The molecular weight excluding hydrogens is 486 g/mol. The predicted molar refractivity (Wildman–Crippen MR) is 123 cm³/mol. The van der Waals surface area contributed by atoms with Crippen LogP contribution in [0.5, 0.6) is 0 Å². The smallest absolute Gasteiger partial charge is 0.264 e. The first kappa shape index (κ1) is 21.9. The molecule has 5 aromatic rings. The van der Waals surface area contributed by atoms with Crippen LogP contribution < -0.4 is 4.72 Å². The summed E-state index contributed by atoms with van der Waals surface area (Å²) in [6.07, 6.45) is 7.92. The molecule has 5 rings (SSSR count). The fourth-order valence-corrected chi connectivity index (χ4v) is 4.73. The Morgan fingerprint density at radius 2 is 1.68 bits per heavy atom. The van der Waals surface area contributed by atoms with Gasteiger partial charge in [-0.2, -0.15) is 0 Å². The highest BCUT2D eigenvalue weighted by Gasteiger charge is 2.22. The van der Waals surface area contributed by atoms with Gasteiger partial charge in [-0.25, -0.2) is 27.2 Å². The van der Waals surface area contributed by atoms with Gasteiger partial charge in [0, 0.05) is 52.9 Å². The number of nitrogens with one attached hydrogen (secondary N) is 1. The summed E-state index contributed by atoms with van der Waals surface area (Å²) in [5, 5.41) is 0.509. The van der Waals surface area contributed by atoms with Crippen LogP contribution in [0.3, 0.4) is 0 Å². The lowest BCUT2D eigenvalue weighted by Crippen LogP contribution is -2.15. The summed E-state index contributed by atoms with van der Waals surface area (Å²) in [5.74, 6) is -2.13. The largest absolute Gasteiger partial charge is 0.445 e. The number of rotatable bonds is 5. The van der Waals surface area contributed by atoms with Crippen molar-refractivity contribution in [3.63, 3.8) is 0 Å². The van der Waals surface area contributed by atoms with Crippen LogP contribution in [-0.4, -0.2) is 23.4 Å². The topological polar surface area (TPSA) is 98.0 Å². The number of furan rings is 1. The molecule has 170 valence electrons. The molecule has 0 saturated heterocycles. The van der Waals surface area contributed by atoms with Gasteiger partial charge in [0.15, 0.2) is 5.15 Å². The van der Waals surface area contributed by atoms with Crippen LogP contribution >= 0.6 is 11.6 Å². The Morgan fingerprint density at radius 3 is 2.44 bits per heavy atom. The second kappa shape index (κ2) is 8.47. The van der Waals surface area contributed by atoms with Gasteiger partial charge >= 0.3 is 0 Å². The number of fused-ring (bicyclic) bond motifs is 1. The Hall–Kier alpha value is -3.89. The molecule has 1 aromatic carbocycles. The van der Waals surface area contributed by atoms with Crippen LogP contribution in [0.1, 0.15) is 0 Å². The zero-order valence-electron chi connectivity index (χ0n) is 17.0. The minimum absolute atomic E-state index is 0.0875. The lowest BCUT2D eigenvalue weighted by Gasteiger charge is -2.11. The van der Waals surface area contributed by atoms with Crippen LogP contribution in [0.4, 0.5) is 14.5 Å². The molecule has 0 aliphatic heterocycles. The van der Waals surface area contributed by atoms with Crippen LogP contribution in [0.25, 0.3) is 33.4 Å². The summed E-state index contributed by atoms with van der Waals surface area (Å²) in [6, 6.07) is 9.16. The summed E-state index contributed by atoms with van der Waals surface area (Å²) in [7, 11) is -4.41. The van der Waals surface area contributed by atoms with Crippen molar-refractivity contribution in [2.75, 3.05) is 4.72 Å². The van der Waals surface area contributed by atoms with Crippen molar-refractivity contribution in [3.05, 3.63) is 90.3 Å². The molecule has 0 amide bonds. The molecule has 0 bridgehead atoms. The average molecular weight is 499 g/mol. The number of aromatic nitrogens is 3. The van der Waals surface area contributed by atoms with E-state index in [1.807, 2.05) is 18.2 Å². The Kier molecular flexibility index (Phi) is 5.46. The number of sulfonamides is 1. The number of anilines is 1. The lowest BCUT2D eigenvalue weighted by atomic mass is 10.0. The van der Waals surface area contributed by atoms with Crippen molar-refractivity contribution in [2.45, 2.75) is 4.90 Å².